The fourth-order valence-corrected chi connectivity index (χ4v) is 4.16. The van der Waals surface area contributed by atoms with Gasteiger partial charge in [-0.05, 0) is 60.0 Å². The molecule has 186 valence electrons. The van der Waals surface area contributed by atoms with Gasteiger partial charge in [-0.3, -0.25) is 4.79 Å². The molecule has 0 unspecified atom stereocenters. The molecule has 11 heteroatoms. The number of carbonyl (C=O) groups excluding carboxylic acids is 1. The summed E-state index contributed by atoms with van der Waals surface area (Å²) in [6, 6.07) is 13.4. The number of rotatable bonds is 8. The number of methoxy groups -OCH3 is 1. The highest BCUT2D eigenvalue weighted by atomic mass is 32.2. The van der Waals surface area contributed by atoms with Crippen molar-refractivity contribution in [3.05, 3.63) is 77.4 Å². The summed E-state index contributed by atoms with van der Waals surface area (Å²) in [6.45, 7) is 2.12. The number of carbonyl (C=O) groups is 1. The van der Waals surface area contributed by atoms with E-state index in [0.29, 0.717) is 23.4 Å². The van der Waals surface area contributed by atoms with Crippen molar-refractivity contribution >= 4 is 21.6 Å². The van der Waals surface area contributed by atoms with E-state index in [1.165, 1.54) is 55.6 Å². The lowest BCUT2D eigenvalue weighted by Crippen LogP contribution is -2.16. The van der Waals surface area contributed by atoms with Crippen LogP contribution in [0.5, 0.6) is 5.75 Å². The van der Waals surface area contributed by atoms with Crippen LogP contribution in [0.4, 0.5) is 18.9 Å². The lowest BCUT2D eigenvalue weighted by molar-refractivity contribution is -0.137. The molecule has 0 saturated heterocycles. The second kappa shape index (κ2) is 10.5. The van der Waals surface area contributed by atoms with Crippen LogP contribution in [0.25, 0.3) is 11.1 Å². The fraction of sp³-hybridized carbons (Fsp3) is 0.208. The number of anilines is 1. The van der Waals surface area contributed by atoms with Crippen molar-refractivity contribution in [1.82, 2.24) is 0 Å². The Morgan fingerprint density at radius 1 is 1.03 bits per heavy atom. The van der Waals surface area contributed by atoms with Gasteiger partial charge in [-0.15, -0.1) is 0 Å². The Morgan fingerprint density at radius 2 is 1.74 bits per heavy atom. The van der Waals surface area contributed by atoms with Crippen LogP contribution in [-0.4, -0.2) is 28.0 Å². The predicted molar refractivity (Wildman–Crippen MR) is 125 cm³/mol. The van der Waals surface area contributed by atoms with Crippen LogP contribution in [0.3, 0.4) is 0 Å². The Morgan fingerprint density at radius 3 is 2.37 bits per heavy atom. The number of sulfonamides is 1. The van der Waals surface area contributed by atoms with Crippen molar-refractivity contribution in [3.63, 3.8) is 0 Å². The van der Waals surface area contributed by atoms with Crippen LogP contribution in [0.2, 0.25) is 0 Å². The average Bonchev–Trinajstić information content (AvgIpc) is 2.81. The first-order chi connectivity index (χ1) is 16.5. The molecule has 0 aromatic heterocycles. The van der Waals surface area contributed by atoms with Gasteiger partial charge in [0.1, 0.15) is 10.6 Å². The van der Waals surface area contributed by atoms with Crippen molar-refractivity contribution in [2.24, 2.45) is 5.14 Å². The summed E-state index contributed by atoms with van der Waals surface area (Å²) in [6.07, 6.45) is -4.55. The summed E-state index contributed by atoms with van der Waals surface area (Å²) in [5.74, 6) is -0.689. The zero-order valence-corrected chi connectivity index (χ0v) is 19.7. The highest BCUT2D eigenvalue weighted by molar-refractivity contribution is 7.89. The van der Waals surface area contributed by atoms with Gasteiger partial charge in [-0.1, -0.05) is 24.3 Å². The first kappa shape index (κ1) is 26.2. The van der Waals surface area contributed by atoms with Gasteiger partial charge in [-0.2, -0.15) is 13.2 Å². The van der Waals surface area contributed by atoms with Gasteiger partial charge < -0.3 is 14.8 Å². The molecular weight excluding hydrogens is 485 g/mol. The van der Waals surface area contributed by atoms with Gasteiger partial charge in [-0.25, -0.2) is 13.6 Å². The van der Waals surface area contributed by atoms with Gasteiger partial charge >= 0.3 is 6.18 Å². The van der Waals surface area contributed by atoms with Crippen LogP contribution in [0.1, 0.15) is 28.4 Å². The highest BCUT2D eigenvalue weighted by Gasteiger charge is 2.33. The number of hydrogen-bond acceptors (Lipinski definition) is 5. The normalized spacial score (nSPS) is 11.8. The molecule has 0 spiro atoms. The van der Waals surface area contributed by atoms with E-state index in [4.69, 9.17) is 14.6 Å². The van der Waals surface area contributed by atoms with Gasteiger partial charge in [0.05, 0.1) is 19.3 Å². The maximum Gasteiger partial charge on any atom is 0.417 e. The maximum atomic E-state index is 13.6. The summed E-state index contributed by atoms with van der Waals surface area (Å²) in [5, 5.41) is 7.80. The number of nitrogens with two attached hydrogens (primary N) is 1. The molecule has 0 atom stereocenters. The summed E-state index contributed by atoms with van der Waals surface area (Å²) in [7, 11) is -2.82. The fourth-order valence-electron chi connectivity index (χ4n) is 3.48. The second-order valence-corrected chi connectivity index (χ2v) is 8.95. The van der Waals surface area contributed by atoms with Gasteiger partial charge in [0, 0.05) is 17.9 Å². The highest BCUT2D eigenvalue weighted by Crippen LogP contribution is 2.39. The molecule has 7 nitrogen and oxygen atoms in total. The Bertz CT molecular complexity index is 1340. The van der Waals surface area contributed by atoms with Crippen molar-refractivity contribution in [2.75, 3.05) is 19.0 Å². The third-order valence-electron chi connectivity index (χ3n) is 5.08. The monoisotopic (exact) mass is 508 g/mol. The average molecular weight is 509 g/mol. The number of primary sulfonamides is 1. The van der Waals surface area contributed by atoms with E-state index in [1.54, 1.807) is 6.92 Å². The number of halogens is 3. The smallest absolute Gasteiger partial charge is 0.417 e. The number of ether oxygens (including phenoxy) is 2. The van der Waals surface area contributed by atoms with E-state index in [1.807, 2.05) is 0 Å². The van der Waals surface area contributed by atoms with Crippen LogP contribution in [0, 0.1) is 0 Å². The molecule has 0 bridgehead atoms. The van der Waals surface area contributed by atoms with E-state index in [9.17, 15) is 26.4 Å². The van der Waals surface area contributed by atoms with Crippen molar-refractivity contribution in [2.45, 2.75) is 24.6 Å². The molecule has 0 heterocycles. The molecular formula is C24H23F3N2O5S. The molecule has 3 aromatic rings. The minimum absolute atomic E-state index is 0.00380. The Hall–Kier alpha value is -3.41. The summed E-state index contributed by atoms with van der Waals surface area (Å²) in [4.78, 5) is 12.5. The quantitative estimate of drug-likeness (QED) is 0.454. The zero-order valence-electron chi connectivity index (χ0n) is 18.8. The molecule has 1 amide bonds. The molecule has 0 fully saturated rings. The first-order valence-corrected chi connectivity index (χ1v) is 11.9. The number of hydrogen-bond donors (Lipinski definition) is 2. The van der Waals surface area contributed by atoms with Crippen molar-refractivity contribution < 1.29 is 35.9 Å². The number of alkyl halides is 3. The molecule has 0 radical (unpaired) electrons. The summed E-state index contributed by atoms with van der Waals surface area (Å²) >= 11 is 0. The van der Waals surface area contributed by atoms with Gasteiger partial charge in [0.25, 0.3) is 5.91 Å². The largest absolute Gasteiger partial charge is 0.495 e. The van der Waals surface area contributed by atoms with Crippen LogP contribution >= 0.6 is 0 Å². The second-order valence-electron chi connectivity index (χ2n) is 7.42. The Labute approximate surface area is 200 Å². The molecule has 3 rings (SSSR count). The lowest BCUT2D eigenvalue weighted by atomic mass is 9.94. The van der Waals surface area contributed by atoms with E-state index >= 15 is 0 Å². The SMILES string of the molecule is CCOCc1cc(NC(=O)c2ccc(S(N)(=O)=O)c(OC)c2)ccc1-c1ccccc1C(F)(F)F. The molecule has 0 aliphatic rings. The van der Waals surface area contributed by atoms with Gasteiger partial charge in [0.2, 0.25) is 10.0 Å². The van der Waals surface area contributed by atoms with Crippen molar-refractivity contribution in [3.8, 4) is 16.9 Å². The number of amides is 1. The number of benzene rings is 3. The van der Waals surface area contributed by atoms with Crippen LogP contribution in [-0.2, 0) is 27.5 Å². The van der Waals surface area contributed by atoms with Crippen molar-refractivity contribution in [1.29, 1.82) is 0 Å². The molecule has 3 N–H and O–H groups in total. The number of nitrogens with one attached hydrogen (secondary N) is 1. The Kier molecular flexibility index (Phi) is 7.83. The minimum atomic E-state index is -4.55. The zero-order chi connectivity index (χ0) is 25.8. The third kappa shape index (κ3) is 6.18. The van der Waals surface area contributed by atoms with Crippen LogP contribution < -0.4 is 15.2 Å². The molecule has 0 aliphatic carbocycles. The molecule has 0 saturated carbocycles. The molecule has 35 heavy (non-hydrogen) atoms. The van der Waals surface area contributed by atoms with E-state index in [2.05, 4.69) is 5.32 Å². The van der Waals surface area contributed by atoms with Gasteiger partial charge in [0.15, 0.2) is 0 Å². The topological polar surface area (TPSA) is 108 Å². The van der Waals surface area contributed by atoms with E-state index in [-0.39, 0.29) is 28.4 Å². The molecule has 0 aliphatic heterocycles. The van der Waals surface area contributed by atoms with E-state index in [0.717, 1.165) is 12.1 Å². The Balaban J connectivity index is 1.97. The molecule has 3 aromatic carbocycles. The standard InChI is InChI=1S/C24H23F3N2O5S/c1-3-34-14-16-12-17(9-10-18(16)19-6-4-5-7-20(19)24(25,26)27)29-23(30)15-8-11-22(35(28,31)32)21(13-15)33-2/h4-13H,3,14H2,1-2H3,(H,29,30)(H2,28,31,32). The van der Waals surface area contributed by atoms with E-state index < -0.39 is 27.7 Å². The van der Waals surface area contributed by atoms with Crippen LogP contribution in [0.15, 0.2) is 65.6 Å². The minimum Gasteiger partial charge on any atom is -0.495 e. The predicted octanol–water partition coefficient (Wildman–Crippen LogP) is 4.82. The summed E-state index contributed by atoms with van der Waals surface area (Å²) < 4.78 is 74.5. The summed E-state index contributed by atoms with van der Waals surface area (Å²) in [5.41, 5.74) is 0.388. The lowest BCUT2D eigenvalue weighted by Gasteiger charge is -2.17. The third-order valence-corrected chi connectivity index (χ3v) is 6.03. The maximum absolute atomic E-state index is 13.6. The first-order valence-electron chi connectivity index (χ1n) is 10.3.